The highest BCUT2D eigenvalue weighted by atomic mass is 35.5. The fourth-order valence-corrected chi connectivity index (χ4v) is 2.53. The van der Waals surface area contributed by atoms with E-state index >= 15 is 0 Å². The minimum atomic E-state index is -0.108. The Balaban J connectivity index is 1.88. The number of benzene rings is 2. The second kappa shape index (κ2) is 6.24. The van der Waals surface area contributed by atoms with Gasteiger partial charge in [0.25, 0.3) is 5.91 Å². The lowest BCUT2D eigenvalue weighted by molar-refractivity contribution is -0.110. The van der Waals surface area contributed by atoms with Crippen molar-refractivity contribution in [2.75, 3.05) is 11.9 Å². The Morgan fingerprint density at radius 3 is 2.68 bits per heavy atom. The van der Waals surface area contributed by atoms with E-state index in [1.54, 1.807) is 12.1 Å². The van der Waals surface area contributed by atoms with Crippen LogP contribution >= 0.6 is 11.6 Å². The van der Waals surface area contributed by atoms with E-state index in [0.717, 1.165) is 29.0 Å². The minimum absolute atomic E-state index is 0.108. The Hall–Kier alpha value is -2.26. The van der Waals surface area contributed by atoms with E-state index in [9.17, 15) is 4.79 Å². The van der Waals surface area contributed by atoms with Gasteiger partial charge in [-0.1, -0.05) is 36.7 Å². The van der Waals surface area contributed by atoms with E-state index in [-0.39, 0.29) is 5.91 Å². The minimum Gasteiger partial charge on any atom is -0.494 e. The van der Waals surface area contributed by atoms with E-state index < -0.39 is 0 Å². The van der Waals surface area contributed by atoms with Crippen LogP contribution in [0.4, 0.5) is 5.69 Å². The first-order chi connectivity index (χ1) is 10.7. The van der Waals surface area contributed by atoms with Crippen LogP contribution in [0.3, 0.4) is 0 Å². The summed E-state index contributed by atoms with van der Waals surface area (Å²) in [5, 5.41) is 3.44. The number of carbonyl (C=O) groups is 1. The van der Waals surface area contributed by atoms with Crippen LogP contribution in [-0.4, -0.2) is 12.5 Å². The van der Waals surface area contributed by atoms with Crippen molar-refractivity contribution in [2.24, 2.45) is 0 Å². The molecule has 3 nitrogen and oxygen atoms in total. The summed E-state index contributed by atoms with van der Waals surface area (Å²) in [5.41, 5.74) is 3.23. The number of anilines is 1. The maximum atomic E-state index is 12.1. The van der Waals surface area contributed by atoms with Gasteiger partial charge in [-0.2, -0.15) is 0 Å². The van der Waals surface area contributed by atoms with Crippen molar-refractivity contribution in [2.45, 2.75) is 13.3 Å². The van der Waals surface area contributed by atoms with Crippen LogP contribution < -0.4 is 10.1 Å². The first kappa shape index (κ1) is 14.7. The molecule has 0 bridgehead atoms. The lowest BCUT2D eigenvalue weighted by atomic mass is 10.0. The zero-order chi connectivity index (χ0) is 15.5. The molecule has 0 atom stereocenters. The number of halogens is 1. The highest BCUT2D eigenvalue weighted by Crippen LogP contribution is 2.34. The molecule has 0 saturated heterocycles. The SMILES string of the molecule is CCCOc1ccc(C=C2C(=O)Nc3cc(Cl)ccc32)cc1. The fourth-order valence-electron chi connectivity index (χ4n) is 2.36. The Morgan fingerprint density at radius 1 is 1.18 bits per heavy atom. The summed E-state index contributed by atoms with van der Waals surface area (Å²) >= 11 is 5.95. The molecule has 1 amide bonds. The highest BCUT2D eigenvalue weighted by molar-refractivity contribution is 6.36. The van der Waals surface area contributed by atoms with Gasteiger partial charge in [-0.05, 0) is 42.3 Å². The van der Waals surface area contributed by atoms with Gasteiger partial charge < -0.3 is 10.1 Å². The summed E-state index contributed by atoms with van der Waals surface area (Å²) in [6.07, 6.45) is 2.85. The van der Waals surface area contributed by atoms with Crippen LogP contribution in [0, 0.1) is 0 Å². The summed E-state index contributed by atoms with van der Waals surface area (Å²) in [5.74, 6) is 0.732. The van der Waals surface area contributed by atoms with Crippen molar-refractivity contribution in [3.63, 3.8) is 0 Å². The molecule has 1 N–H and O–H groups in total. The Kier molecular flexibility index (Phi) is 4.16. The number of nitrogens with one attached hydrogen (secondary N) is 1. The zero-order valence-electron chi connectivity index (χ0n) is 12.2. The summed E-state index contributed by atoms with van der Waals surface area (Å²) in [7, 11) is 0. The molecule has 3 rings (SSSR count). The van der Waals surface area contributed by atoms with E-state index in [0.29, 0.717) is 17.2 Å². The zero-order valence-corrected chi connectivity index (χ0v) is 13.0. The molecule has 22 heavy (non-hydrogen) atoms. The van der Waals surface area contributed by atoms with Gasteiger partial charge in [0.2, 0.25) is 0 Å². The third kappa shape index (κ3) is 3.00. The monoisotopic (exact) mass is 313 g/mol. The molecular weight excluding hydrogens is 298 g/mol. The molecule has 0 aromatic heterocycles. The standard InChI is InChI=1S/C18H16ClNO2/c1-2-9-22-14-6-3-12(4-7-14)10-16-15-8-5-13(19)11-17(15)20-18(16)21/h3-8,10-11H,2,9H2,1H3,(H,20,21). The lowest BCUT2D eigenvalue weighted by Gasteiger charge is -2.04. The Labute approximate surface area is 134 Å². The van der Waals surface area contributed by atoms with Crippen molar-refractivity contribution in [1.82, 2.24) is 0 Å². The maximum absolute atomic E-state index is 12.1. The Morgan fingerprint density at radius 2 is 1.95 bits per heavy atom. The van der Waals surface area contributed by atoms with Gasteiger partial charge in [-0.3, -0.25) is 4.79 Å². The molecular formula is C18H16ClNO2. The quantitative estimate of drug-likeness (QED) is 0.836. The highest BCUT2D eigenvalue weighted by Gasteiger charge is 2.23. The average molecular weight is 314 g/mol. The van der Waals surface area contributed by atoms with Gasteiger partial charge >= 0.3 is 0 Å². The van der Waals surface area contributed by atoms with Crippen LogP contribution in [0.15, 0.2) is 42.5 Å². The molecule has 4 heteroatoms. The second-order valence-corrected chi connectivity index (χ2v) is 5.56. The molecule has 1 aliphatic heterocycles. The van der Waals surface area contributed by atoms with E-state index in [1.165, 1.54) is 0 Å². The van der Waals surface area contributed by atoms with Gasteiger partial charge in [0.15, 0.2) is 0 Å². The number of hydrogen-bond donors (Lipinski definition) is 1. The van der Waals surface area contributed by atoms with Crippen molar-refractivity contribution in [3.05, 3.63) is 58.6 Å². The first-order valence-corrected chi connectivity index (χ1v) is 7.61. The predicted molar refractivity (Wildman–Crippen MR) is 90.2 cm³/mol. The fraction of sp³-hybridized carbons (Fsp3) is 0.167. The number of hydrogen-bond acceptors (Lipinski definition) is 2. The molecule has 1 heterocycles. The van der Waals surface area contributed by atoms with Crippen LogP contribution in [0.1, 0.15) is 24.5 Å². The van der Waals surface area contributed by atoms with Gasteiger partial charge in [0.1, 0.15) is 5.75 Å². The first-order valence-electron chi connectivity index (χ1n) is 7.23. The Bertz CT molecular complexity index is 735. The number of amides is 1. The average Bonchev–Trinajstić information content (AvgIpc) is 2.81. The molecule has 1 aliphatic rings. The van der Waals surface area contributed by atoms with Crippen molar-refractivity contribution in [3.8, 4) is 5.75 Å². The van der Waals surface area contributed by atoms with Gasteiger partial charge in [0.05, 0.1) is 12.3 Å². The van der Waals surface area contributed by atoms with Gasteiger partial charge in [-0.25, -0.2) is 0 Å². The van der Waals surface area contributed by atoms with Crippen molar-refractivity contribution in [1.29, 1.82) is 0 Å². The van der Waals surface area contributed by atoms with Crippen LogP contribution in [0.25, 0.3) is 11.6 Å². The number of rotatable bonds is 4. The molecule has 2 aromatic rings. The molecule has 0 saturated carbocycles. The normalized spacial score (nSPS) is 14.8. The van der Waals surface area contributed by atoms with Gasteiger partial charge in [-0.15, -0.1) is 0 Å². The molecule has 112 valence electrons. The second-order valence-electron chi connectivity index (χ2n) is 5.12. The van der Waals surface area contributed by atoms with Crippen molar-refractivity contribution >= 4 is 34.8 Å². The lowest BCUT2D eigenvalue weighted by Crippen LogP contribution is -2.03. The summed E-state index contributed by atoms with van der Waals surface area (Å²) in [6.45, 7) is 2.78. The molecule has 0 radical (unpaired) electrons. The number of ether oxygens (including phenoxy) is 1. The summed E-state index contributed by atoms with van der Waals surface area (Å²) in [4.78, 5) is 12.1. The van der Waals surface area contributed by atoms with E-state index in [4.69, 9.17) is 16.3 Å². The van der Waals surface area contributed by atoms with E-state index in [1.807, 2.05) is 36.4 Å². The van der Waals surface area contributed by atoms with Crippen LogP contribution in [0.2, 0.25) is 5.02 Å². The van der Waals surface area contributed by atoms with Crippen molar-refractivity contribution < 1.29 is 9.53 Å². The third-order valence-electron chi connectivity index (χ3n) is 3.43. The molecule has 0 unspecified atom stereocenters. The number of fused-ring (bicyclic) bond motifs is 1. The molecule has 2 aromatic carbocycles. The van der Waals surface area contributed by atoms with E-state index in [2.05, 4.69) is 12.2 Å². The number of carbonyl (C=O) groups excluding carboxylic acids is 1. The smallest absolute Gasteiger partial charge is 0.256 e. The third-order valence-corrected chi connectivity index (χ3v) is 3.66. The van der Waals surface area contributed by atoms with Gasteiger partial charge in [0, 0.05) is 16.2 Å². The molecule has 0 fully saturated rings. The summed E-state index contributed by atoms with van der Waals surface area (Å²) in [6, 6.07) is 13.1. The predicted octanol–water partition coefficient (Wildman–Crippen LogP) is 4.62. The molecule has 0 aliphatic carbocycles. The summed E-state index contributed by atoms with van der Waals surface area (Å²) < 4.78 is 5.56. The molecule has 0 spiro atoms. The van der Waals surface area contributed by atoms with Crippen LogP contribution in [-0.2, 0) is 4.79 Å². The largest absolute Gasteiger partial charge is 0.494 e. The maximum Gasteiger partial charge on any atom is 0.256 e. The van der Waals surface area contributed by atoms with Crippen LogP contribution in [0.5, 0.6) is 5.75 Å². The topological polar surface area (TPSA) is 38.3 Å².